The van der Waals surface area contributed by atoms with Crippen LogP contribution in [0.1, 0.15) is 13.3 Å². The number of thioether (sulfide) groups is 2. The van der Waals surface area contributed by atoms with E-state index in [1.54, 1.807) is 11.8 Å². The summed E-state index contributed by atoms with van der Waals surface area (Å²) in [5.74, 6) is 2.72. The number of amides is 1. The SMILES string of the molecule is CCCNC(=O)CSc1nnc(SC[C@@H]2COc3ccccc3O2)s1. The smallest absolute Gasteiger partial charge is 0.230 e. The van der Waals surface area contributed by atoms with Crippen LogP contribution in [0.5, 0.6) is 11.5 Å². The predicted molar refractivity (Wildman–Crippen MR) is 101 cm³/mol. The van der Waals surface area contributed by atoms with Gasteiger partial charge in [-0.2, -0.15) is 0 Å². The summed E-state index contributed by atoms with van der Waals surface area (Å²) in [4.78, 5) is 11.6. The Morgan fingerprint density at radius 2 is 2.04 bits per heavy atom. The summed E-state index contributed by atoms with van der Waals surface area (Å²) in [5, 5.41) is 11.1. The van der Waals surface area contributed by atoms with Crippen molar-refractivity contribution >= 4 is 40.8 Å². The van der Waals surface area contributed by atoms with E-state index in [1.807, 2.05) is 31.2 Å². The number of benzene rings is 1. The van der Waals surface area contributed by atoms with E-state index < -0.39 is 0 Å². The third-order valence-electron chi connectivity index (χ3n) is 3.25. The molecule has 1 aromatic carbocycles. The summed E-state index contributed by atoms with van der Waals surface area (Å²) in [6.07, 6.45) is 0.924. The fourth-order valence-corrected chi connectivity index (χ4v) is 4.91. The van der Waals surface area contributed by atoms with E-state index >= 15 is 0 Å². The molecule has 0 radical (unpaired) electrons. The largest absolute Gasteiger partial charge is 0.486 e. The number of carbonyl (C=O) groups excluding carboxylic acids is 1. The number of nitrogens with zero attached hydrogens (tertiary/aromatic N) is 2. The number of hydrogen-bond acceptors (Lipinski definition) is 8. The first-order valence-corrected chi connectivity index (χ1v) is 10.8. The lowest BCUT2D eigenvalue weighted by Gasteiger charge is -2.25. The zero-order chi connectivity index (χ0) is 17.5. The van der Waals surface area contributed by atoms with E-state index in [0.717, 1.165) is 32.4 Å². The lowest BCUT2D eigenvalue weighted by atomic mass is 10.3. The molecule has 6 nitrogen and oxygen atoms in total. The molecule has 1 N–H and O–H groups in total. The summed E-state index contributed by atoms with van der Waals surface area (Å²) < 4.78 is 13.3. The molecule has 2 aromatic rings. The molecule has 0 aliphatic carbocycles. The van der Waals surface area contributed by atoms with E-state index in [2.05, 4.69) is 15.5 Å². The van der Waals surface area contributed by atoms with E-state index in [0.29, 0.717) is 18.9 Å². The fraction of sp³-hybridized carbons (Fsp3) is 0.438. The number of ether oxygens (including phenoxy) is 2. The van der Waals surface area contributed by atoms with Crippen molar-refractivity contribution in [2.45, 2.75) is 28.1 Å². The van der Waals surface area contributed by atoms with Crippen molar-refractivity contribution in [2.75, 3.05) is 24.7 Å². The molecule has 3 rings (SSSR count). The van der Waals surface area contributed by atoms with Gasteiger partial charge in [-0.1, -0.05) is 53.9 Å². The quantitative estimate of drug-likeness (QED) is 0.686. The minimum Gasteiger partial charge on any atom is -0.486 e. The molecule has 134 valence electrons. The Morgan fingerprint density at radius 1 is 1.28 bits per heavy atom. The van der Waals surface area contributed by atoms with Crippen LogP contribution in [0.3, 0.4) is 0 Å². The van der Waals surface area contributed by atoms with E-state index in [1.165, 1.54) is 23.1 Å². The molecule has 1 aromatic heterocycles. The molecule has 1 aliphatic heterocycles. The third kappa shape index (κ3) is 5.52. The number of para-hydroxylation sites is 2. The summed E-state index contributed by atoms with van der Waals surface area (Å²) in [7, 11) is 0. The molecular weight excluding hydrogens is 378 g/mol. The first-order chi connectivity index (χ1) is 12.2. The molecule has 0 unspecified atom stereocenters. The maximum Gasteiger partial charge on any atom is 0.230 e. The van der Waals surface area contributed by atoms with Crippen molar-refractivity contribution in [1.82, 2.24) is 15.5 Å². The Balaban J connectivity index is 1.42. The number of hydrogen-bond donors (Lipinski definition) is 1. The van der Waals surface area contributed by atoms with Gasteiger partial charge in [0.25, 0.3) is 0 Å². The average Bonchev–Trinajstić information content (AvgIpc) is 3.11. The average molecular weight is 398 g/mol. The van der Waals surface area contributed by atoms with Gasteiger partial charge in [0.05, 0.1) is 5.75 Å². The maximum atomic E-state index is 11.6. The van der Waals surface area contributed by atoms with E-state index in [9.17, 15) is 4.79 Å². The monoisotopic (exact) mass is 397 g/mol. The Hall–Kier alpha value is -1.45. The minimum absolute atomic E-state index is 0.0141. The Morgan fingerprint density at radius 3 is 2.84 bits per heavy atom. The van der Waals surface area contributed by atoms with E-state index in [4.69, 9.17) is 9.47 Å². The number of aromatic nitrogens is 2. The highest BCUT2D eigenvalue weighted by atomic mass is 32.2. The number of fused-ring (bicyclic) bond motifs is 1. The van der Waals surface area contributed by atoms with Gasteiger partial charge in [0, 0.05) is 12.3 Å². The van der Waals surface area contributed by atoms with E-state index in [-0.39, 0.29) is 12.0 Å². The van der Waals surface area contributed by atoms with Gasteiger partial charge in [0.1, 0.15) is 12.7 Å². The summed E-state index contributed by atoms with van der Waals surface area (Å²) in [6, 6.07) is 7.68. The van der Waals surface area contributed by atoms with Crippen LogP contribution < -0.4 is 14.8 Å². The second-order valence-corrected chi connectivity index (χ2v) is 8.75. The van der Waals surface area contributed by atoms with Gasteiger partial charge in [0.15, 0.2) is 20.2 Å². The molecule has 1 amide bonds. The minimum atomic E-state index is -0.0141. The van der Waals surface area contributed by atoms with Crippen LogP contribution in [0.4, 0.5) is 0 Å². The van der Waals surface area contributed by atoms with Crippen molar-refractivity contribution in [1.29, 1.82) is 0 Å². The molecule has 9 heteroatoms. The van der Waals surface area contributed by atoms with Crippen LogP contribution in [-0.4, -0.2) is 46.9 Å². The zero-order valence-electron chi connectivity index (χ0n) is 13.8. The molecule has 0 fully saturated rings. The number of carbonyl (C=O) groups is 1. The summed E-state index contributed by atoms with van der Waals surface area (Å²) >= 11 is 4.51. The van der Waals surface area contributed by atoms with Crippen LogP contribution in [0.25, 0.3) is 0 Å². The van der Waals surface area contributed by atoms with Gasteiger partial charge in [-0.15, -0.1) is 10.2 Å². The Labute approximate surface area is 159 Å². The van der Waals surface area contributed by atoms with Crippen molar-refractivity contribution < 1.29 is 14.3 Å². The van der Waals surface area contributed by atoms with Gasteiger partial charge in [-0.05, 0) is 18.6 Å². The number of rotatable bonds is 8. The molecule has 2 heterocycles. The first kappa shape index (κ1) is 18.3. The lowest BCUT2D eigenvalue weighted by Crippen LogP contribution is -2.31. The normalized spacial score (nSPS) is 15.8. The maximum absolute atomic E-state index is 11.6. The predicted octanol–water partition coefficient (Wildman–Crippen LogP) is 3.09. The van der Waals surface area contributed by atoms with Crippen LogP contribution >= 0.6 is 34.9 Å². The number of nitrogens with one attached hydrogen (secondary N) is 1. The van der Waals surface area contributed by atoms with Gasteiger partial charge in [-0.3, -0.25) is 4.79 Å². The fourth-order valence-electron chi connectivity index (χ4n) is 2.07. The topological polar surface area (TPSA) is 73.3 Å². The highest BCUT2D eigenvalue weighted by molar-refractivity contribution is 8.03. The molecule has 1 aliphatic rings. The molecule has 0 saturated heterocycles. The van der Waals surface area contributed by atoms with Crippen LogP contribution in [0, 0.1) is 0 Å². The zero-order valence-corrected chi connectivity index (χ0v) is 16.2. The third-order valence-corrected chi connectivity index (χ3v) is 6.57. The van der Waals surface area contributed by atoms with Crippen molar-refractivity contribution in [3.05, 3.63) is 24.3 Å². The first-order valence-electron chi connectivity index (χ1n) is 7.99. The molecule has 0 bridgehead atoms. The highest BCUT2D eigenvalue weighted by Gasteiger charge is 2.21. The van der Waals surface area contributed by atoms with Crippen LogP contribution in [-0.2, 0) is 4.79 Å². The van der Waals surface area contributed by atoms with Crippen molar-refractivity contribution in [3.63, 3.8) is 0 Å². The van der Waals surface area contributed by atoms with Crippen molar-refractivity contribution in [3.8, 4) is 11.5 Å². The summed E-state index contributed by atoms with van der Waals surface area (Å²) in [6.45, 7) is 3.27. The molecule has 0 saturated carbocycles. The highest BCUT2D eigenvalue weighted by Crippen LogP contribution is 2.34. The molecular formula is C16H19N3O3S3. The Bertz CT molecular complexity index is 711. The van der Waals surface area contributed by atoms with Crippen LogP contribution in [0.15, 0.2) is 32.9 Å². The second kappa shape index (κ2) is 9.30. The lowest BCUT2D eigenvalue weighted by molar-refractivity contribution is -0.118. The van der Waals surface area contributed by atoms with Crippen LogP contribution in [0.2, 0.25) is 0 Å². The molecule has 25 heavy (non-hydrogen) atoms. The molecule has 1 atom stereocenters. The van der Waals surface area contributed by atoms with Gasteiger partial charge in [0.2, 0.25) is 5.91 Å². The molecule has 0 spiro atoms. The Kier molecular flexibility index (Phi) is 6.83. The van der Waals surface area contributed by atoms with Gasteiger partial charge < -0.3 is 14.8 Å². The standard InChI is InChI=1S/C16H19N3O3S3/c1-2-7-17-14(20)10-24-16-19-18-15(25-16)23-9-11-8-21-12-5-3-4-6-13(12)22-11/h3-6,11H,2,7-10H2,1H3,(H,17,20)/t11-/m0/s1. The second-order valence-electron chi connectivity index (χ2n) is 5.28. The van der Waals surface area contributed by atoms with Gasteiger partial charge >= 0.3 is 0 Å². The van der Waals surface area contributed by atoms with Gasteiger partial charge in [-0.25, -0.2) is 0 Å². The van der Waals surface area contributed by atoms with Crippen molar-refractivity contribution in [2.24, 2.45) is 0 Å². The summed E-state index contributed by atoms with van der Waals surface area (Å²) in [5.41, 5.74) is 0.